The molecule has 1 aromatic carbocycles. The molecule has 3 aromatic heterocycles. The number of fused-ring (bicyclic) bond motifs is 2. The molecular formula is C14H12N6. The van der Waals surface area contributed by atoms with Crippen LogP contribution in [0, 0.1) is 6.92 Å². The SMILES string of the molecule is Cc1nn(C)c2cc(-c3ccc4n[nH]nc4n3)ccc12. The van der Waals surface area contributed by atoms with Gasteiger partial charge in [-0.15, -0.1) is 5.10 Å². The van der Waals surface area contributed by atoms with Crippen molar-refractivity contribution in [3.63, 3.8) is 0 Å². The Morgan fingerprint density at radius 2 is 2.00 bits per heavy atom. The monoisotopic (exact) mass is 264 g/mol. The average Bonchev–Trinajstić information content (AvgIpc) is 3.03. The van der Waals surface area contributed by atoms with E-state index in [-0.39, 0.29) is 0 Å². The number of aromatic nitrogens is 6. The van der Waals surface area contributed by atoms with Gasteiger partial charge in [0.1, 0.15) is 5.52 Å². The third kappa shape index (κ3) is 1.51. The van der Waals surface area contributed by atoms with E-state index in [2.05, 4.69) is 43.7 Å². The molecule has 0 aliphatic rings. The van der Waals surface area contributed by atoms with Crippen molar-refractivity contribution in [1.29, 1.82) is 0 Å². The van der Waals surface area contributed by atoms with E-state index in [1.807, 2.05) is 30.8 Å². The van der Waals surface area contributed by atoms with Gasteiger partial charge in [-0.2, -0.15) is 15.4 Å². The molecule has 4 rings (SSSR count). The summed E-state index contributed by atoms with van der Waals surface area (Å²) >= 11 is 0. The van der Waals surface area contributed by atoms with Gasteiger partial charge in [0.15, 0.2) is 0 Å². The maximum atomic E-state index is 4.51. The largest absolute Gasteiger partial charge is 0.268 e. The maximum absolute atomic E-state index is 4.51. The highest BCUT2D eigenvalue weighted by atomic mass is 15.3. The molecule has 0 atom stereocenters. The highest BCUT2D eigenvalue weighted by Crippen LogP contribution is 2.25. The Hall–Kier alpha value is -2.76. The lowest BCUT2D eigenvalue weighted by atomic mass is 10.1. The summed E-state index contributed by atoms with van der Waals surface area (Å²) in [4.78, 5) is 4.51. The lowest BCUT2D eigenvalue weighted by Crippen LogP contribution is -1.90. The molecule has 0 unspecified atom stereocenters. The first-order chi connectivity index (χ1) is 9.72. The first-order valence-corrected chi connectivity index (χ1v) is 6.33. The van der Waals surface area contributed by atoms with Crippen molar-refractivity contribution < 1.29 is 0 Å². The van der Waals surface area contributed by atoms with E-state index in [1.165, 1.54) is 5.39 Å². The number of aromatic amines is 1. The number of pyridine rings is 1. The van der Waals surface area contributed by atoms with E-state index >= 15 is 0 Å². The fourth-order valence-corrected chi connectivity index (χ4v) is 2.49. The second-order valence-electron chi connectivity index (χ2n) is 4.80. The average molecular weight is 264 g/mol. The topological polar surface area (TPSA) is 72.3 Å². The van der Waals surface area contributed by atoms with Crippen molar-refractivity contribution in [3.8, 4) is 11.3 Å². The lowest BCUT2D eigenvalue weighted by Gasteiger charge is -2.02. The van der Waals surface area contributed by atoms with E-state index in [0.29, 0.717) is 5.65 Å². The second-order valence-corrected chi connectivity index (χ2v) is 4.80. The number of hydrogen-bond acceptors (Lipinski definition) is 4. The van der Waals surface area contributed by atoms with Crippen molar-refractivity contribution in [2.75, 3.05) is 0 Å². The zero-order valence-electron chi connectivity index (χ0n) is 11.1. The molecule has 6 heteroatoms. The Kier molecular flexibility index (Phi) is 2.14. The van der Waals surface area contributed by atoms with Gasteiger partial charge >= 0.3 is 0 Å². The zero-order chi connectivity index (χ0) is 13.7. The number of aryl methyl sites for hydroxylation is 2. The molecule has 0 bridgehead atoms. The van der Waals surface area contributed by atoms with Crippen LogP contribution in [-0.2, 0) is 7.05 Å². The molecule has 1 N–H and O–H groups in total. The minimum atomic E-state index is 0.629. The maximum Gasteiger partial charge on any atom is 0.202 e. The van der Waals surface area contributed by atoms with Gasteiger partial charge in [0, 0.05) is 18.0 Å². The van der Waals surface area contributed by atoms with Crippen LogP contribution in [0.5, 0.6) is 0 Å². The summed E-state index contributed by atoms with van der Waals surface area (Å²) in [6.45, 7) is 2.02. The van der Waals surface area contributed by atoms with E-state index < -0.39 is 0 Å². The van der Waals surface area contributed by atoms with Crippen molar-refractivity contribution in [2.24, 2.45) is 7.05 Å². The quantitative estimate of drug-likeness (QED) is 0.572. The van der Waals surface area contributed by atoms with E-state index in [4.69, 9.17) is 0 Å². The van der Waals surface area contributed by atoms with Gasteiger partial charge in [-0.3, -0.25) is 4.68 Å². The molecule has 4 aromatic rings. The van der Waals surface area contributed by atoms with Crippen LogP contribution in [0.4, 0.5) is 0 Å². The molecule has 0 spiro atoms. The Morgan fingerprint density at radius 3 is 2.90 bits per heavy atom. The first-order valence-electron chi connectivity index (χ1n) is 6.33. The number of benzene rings is 1. The van der Waals surface area contributed by atoms with Crippen molar-refractivity contribution >= 4 is 22.1 Å². The summed E-state index contributed by atoms with van der Waals surface area (Å²) in [5.41, 5.74) is 5.46. The zero-order valence-corrected chi connectivity index (χ0v) is 11.1. The summed E-state index contributed by atoms with van der Waals surface area (Å²) in [5.74, 6) is 0. The van der Waals surface area contributed by atoms with Crippen LogP contribution in [0.1, 0.15) is 5.69 Å². The summed E-state index contributed by atoms with van der Waals surface area (Å²) < 4.78 is 1.89. The second kappa shape index (κ2) is 3.86. The van der Waals surface area contributed by atoms with Crippen molar-refractivity contribution in [2.45, 2.75) is 6.92 Å². The molecule has 0 amide bonds. The summed E-state index contributed by atoms with van der Waals surface area (Å²) in [6.07, 6.45) is 0. The molecule has 3 heterocycles. The van der Waals surface area contributed by atoms with E-state index in [0.717, 1.165) is 28.0 Å². The van der Waals surface area contributed by atoms with Gasteiger partial charge in [-0.25, -0.2) is 4.98 Å². The Balaban J connectivity index is 1.94. The normalized spacial score (nSPS) is 11.5. The van der Waals surface area contributed by atoms with Crippen LogP contribution in [0.3, 0.4) is 0 Å². The predicted octanol–water partition coefficient (Wildman–Crippen LogP) is 2.22. The standard InChI is InChI=1S/C14H12N6/c1-8-10-4-3-9(7-13(10)20(2)18-8)11-5-6-12-14(15-11)17-19-16-12/h3-7H,1-2H3,(H,15,16,17,19). The Morgan fingerprint density at radius 1 is 1.10 bits per heavy atom. The molecule has 0 saturated carbocycles. The smallest absolute Gasteiger partial charge is 0.202 e. The van der Waals surface area contributed by atoms with Crippen LogP contribution < -0.4 is 0 Å². The molecule has 98 valence electrons. The van der Waals surface area contributed by atoms with E-state index in [1.54, 1.807) is 0 Å². The molecule has 0 aliphatic heterocycles. The summed E-state index contributed by atoms with van der Waals surface area (Å²) in [6, 6.07) is 10.1. The molecule has 6 nitrogen and oxygen atoms in total. The molecular weight excluding hydrogens is 252 g/mol. The Bertz CT molecular complexity index is 933. The van der Waals surface area contributed by atoms with Gasteiger partial charge in [0.25, 0.3) is 0 Å². The fraction of sp³-hybridized carbons (Fsp3) is 0.143. The number of nitrogens with one attached hydrogen (secondary N) is 1. The van der Waals surface area contributed by atoms with Gasteiger partial charge in [0.2, 0.25) is 5.65 Å². The Labute approximate surface area is 114 Å². The molecule has 20 heavy (non-hydrogen) atoms. The highest BCUT2D eigenvalue weighted by molar-refractivity contribution is 5.86. The fourth-order valence-electron chi connectivity index (χ4n) is 2.49. The third-order valence-corrected chi connectivity index (χ3v) is 3.51. The summed E-state index contributed by atoms with van der Waals surface area (Å²) in [7, 11) is 1.95. The molecule has 0 saturated heterocycles. The third-order valence-electron chi connectivity index (χ3n) is 3.51. The van der Waals surface area contributed by atoms with Crippen LogP contribution in [0.15, 0.2) is 30.3 Å². The molecule has 0 radical (unpaired) electrons. The van der Waals surface area contributed by atoms with Crippen LogP contribution in [0.2, 0.25) is 0 Å². The van der Waals surface area contributed by atoms with Gasteiger partial charge in [0.05, 0.1) is 16.9 Å². The minimum absolute atomic E-state index is 0.629. The number of nitrogens with zero attached hydrogens (tertiary/aromatic N) is 5. The number of hydrogen-bond donors (Lipinski definition) is 1. The highest BCUT2D eigenvalue weighted by Gasteiger charge is 2.08. The first kappa shape index (κ1) is 11.1. The minimum Gasteiger partial charge on any atom is -0.268 e. The van der Waals surface area contributed by atoms with Gasteiger partial charge in [-0.05, 0) is 25.1 Å². The van der Waals surface area contributed by atoms with Crippen molar-refractivity contribution in [3.05, 3.63) is 36.0 Å². The summed E-state index contributed by atoms with van der Waals surface area (Å²) in [5, 5.41) is 16.2. The molecule has 0 aliphatic carbocycles. The van der Waals surface area contributed by atoms with Crippen LogP contribution >= 0.6 is 0 Å². The van der Waals surface area contributed by atoms with Gasteiger partial charge < -0.3 is 0 Å². The van der Waals surface area contributed by atoms with Crippen LogP contribution in [0.25, 0.3) is 33.3 Å². The van der Waals surface area contributed by atoms with Crippen LogP contribution in [-0.4, -0.2) is 30.2 Å². The number of H-pyrrole nitrogens is 1. The molecule has 0 fully saturated rings. The predicted molar refractivity (Wildman–Crippen MR) is 76.1 cm³/mol. The van der Waals surface area contributed by atoms with Gasteiger partial charge in [-0.1, -0.05) is 12.1 Å². The lowest BCUT2D eigenvalue weighted by molar-refractivity contribution is 0.783. The van der Waals surface area contributed by atoms with Crippen molar-refractivity contribution in [1.82, 2.24) is 30.2 Å². The van der Waals surface area contributed by atoms with E-state index in [9.17, 15) is 0 Å². The number of rotatable bonds is 1.